The van der Waals surface area contributed by atoms with Gasteiger partial charge in [-0.2, -0.15) is 0 Å². The van der Waals surface area contributed by atoms with Crippen LogP contribution in [-0.4, -0.2) is 19.5 Å². The lowest BCUT2D eigenvalue weighted by atomic mass is 10.1. The van der Waals surface area contributed by atoms with E-state index in [-0.39, 0.29) is 0 Å². The number of unbranched alkanes of at least 4 members (excludes halogenated alkanes) is 8. The van der Waals surface area contributed by atoms with Crippen molar-refractivity contribution in [2.45, 2.75) is 78.1 Å². The van der Waals surface area contributed by atoms with Gasteiger partial charge in [0.05, 0.1) is 18.8 Å². The average molecular weight is 335 g/mol. The summed E-state index contributed by atoms with van der Waals surface area (Å²) >= 11 is 0. The highest BCUT2D eigenvalue weighted by atomic mass is 16.5. The van der Waals surface area contributed by atoms with Crippen LogP contribution in [0.15, 0.2) is 18.2 Å². The number of aldehydes is 1. The molecule has 0 saturated carbocycles. The quantitative estimate of drug-likeness (QED) is 0.283. The van der Waals surface area contributed by atoms with Crippen LogP contribution in [0.2, 0.25) is 0 Å². The Morgan fingerprint density at radius 3 is 1.96 bits per heavy atom. The molecule has 0 amide bonds. The van der Waals surface area contributed by atoms with Gasteiger partial charge in [-0.25, -0.2) is 0 Å². The van der Waals surface area contributed by atoms with Gasteiger partial charge in [0.15, 0.2) is 6.29 Å². The highest BCUT2D eigenvalue weighted by Crippen LogP contribution is 2.24. The molecule has 0 unspecified atom stereocenters. The molecule has 0 saturated heterocycles. The van der Waals surface area contributed by atoms with Crippen LogP contribution in [0.3, 0.4) is 0 Å². The Morgan fingerprint density at radius 1 is 0.792 bits per heavy atom. The van der Waals surface area contributed by atoms with E-state index < -0.39 is 0 Å². The Kier molecular flexibility index (Phi) is 11.9. The van der Waals surface area contributed by atoms with E-state index in [1.54, 1.807) is 6.07 Å². The first-order valence-corrected chi connectivity index (χ1v) is 9.66. The van der Waals surface area contributed by atoms with Gasteiger partial charge < -0.3 is 9.47 Å². The lowest BCUT2D eigenvalue weighted by molar-refractivity contribution is 0.111. The first-order chi connectivity index (χ1) is 11.8. The van der Waals surface area contributed by atoms with Gasteiger partial charge in [-0.15, -0.1) is 0 Å². The van der Waals surface area contributed by atoms with Crippen LogP contribution in [0.1, 0.15) is 88.4 Å². The molecule has 0 heterocycles. The number of rotatable bonds is 15. The minimum Gasteiger partial charge on any atom is -0.493 e. The molecule has 0 atom stereocenters. The van der Waals surface area contributed by atoms with Crippen molar-refractivity contribution >= 4 is 6.29 Å². The fraction of sp³-hybridized carbons (Fsp3) is 0.667. The summed E-state index contributed by atoms with van der Waals surface area (Å²) in [5.74, 6) is 1.43. The standard InChI is InChI=1S/C21H34O3/c1-3-5-7-9-11-15-23-20-14-13-19(18-22)21(17-20)24-16-12-10-8-6-4-2/h13-14,17-18H,3-12,15-16H2,1-2H3. The van der Waals surface area contributed by atoms with Gasteiger partial charge in [0.1, 0.15) is 11.5 Å². The second-order valence-electron chi connectivity index (χ2n) is 6.34. The monoisotopic (exact) mass is 334 g/mol. The van der Waals surface area contributed by atoms with Crippen molar-refractivity contribution in [3.05, 3.63) is 23.8 Å². The van der Waals surface area contributed by atoms with Gasteiger partial charge in [-0.05, 0) is 25.0 Å². The Morgan fingerprint density at radius 2 is 1.38 bits per heavy atom. The summed E-state index contributed by atoms with van der Waals surface area (Å²) in [5.41, 5.74) is 0.596. The maximum atomic E-state index is 11.2. The zero-order valence-corrected chi connectivity index (χ0v) is 15.5. The lowest BCUT2D eigenvalue weighted by Gasteiger charge is -2.11. The molecule has 0 N–H and O–H groups in total. The molecule has 0 aromatic heterocycles. The molecule has 0 aliphatic carbocycles. The van der Waals surface area contributed by atoms with E-state index in [9.17, 15) is 4.79 Å². The summed E-state index contributed by atoms with van der Waals surface area (Å²) in [6.45, 7) is 5.81. The van der Waals surface area contributed by atoms with Gasteiger partial charge in [0, 0.05) is 6.07 Å². The fourth-order valence-corrected chi connectivity index (χ4v) is 2.61. The van der Waals surface area contributed by atoms with Crippen LogP contribution in [-0.2, 0) is 0 Å². The molecular weight excluding hydrogens is 300 g/mol. The van der Waals surface area contributed by atoms with Crippen molar-refractivity contribution in [1.82, 2.24) is 0 Å². The van der Waals surface area contributed by atoms with Crippen LogP contribution in [0.4, 0.5) is 0 Å². The molecule has 0 fully saturated rings. The second-order valence-corrected chi connectivity index (χ2v) is 6.34. The molecule has 0 bridgehead atoms. The van der Waals surface area contributed by atoms with Crippen LogP contribution in [0, 0.1) is 0 Å². The zero-order valence-electron chi connectivity index (χ0n) is 15.5. The van der Waals surface area contributed by atoms with Gasteiger partial charge in [0.25, 0.3) is 0 Å². The lowest BCUT2D eigenvalue weighted by Crippen LogP contribution is -2.02. The molecule has 0 aliphatic heterocycles. The minimum atomic E-state index is 0.596. The molecule has 1 rings (SSSR count). The Hall–Kier alpha value is -1.51. The van der Waals surface area contributed by atoms with E-state index >= 15 is 0 Å². The number of carbonyl (C=O) groups is 1. The number of hydrogen-bond donors (Lipinski definition) is 0. The summed E-state index contributed by atoms with van der Waals surface area (Å²) in [5, 5.41) is 0. The van der Waals surface area contributed by atoms with Gasteiger partial charge in [-0.1, -0.05) is 65.2 Å². The summed E-state index contributed by atoms with van der Waals surface area (Å²) in [6.07, 6.45) is 12.9. The number of ether oxygens (including phenoxy) is 2. The molecule has 24 heavy (non-hydrogen) atoms. The van der Waals surface area contributed by atoms with Crippen LogP contribution in [0.25, 0.3) is 0 Å². The van der Waals surface area contributed by atoms with E-state index in [1.807, 2.05) is 12.1 Å². The fourth-order valence-electron chi connectivity index (χ4n) is 2.61. The topological polar surface area (TPSA) is 35.5 Å². The summed E-state index contributed by atoms with van der Waals surface area (Å²) in [4.78, 5) is 11.2. The number of benzene rings is 1. The Labute approximate surface area is 147 Å². The Bertz CT molecular complexity index is 443. The van der Waals surface area contributed by atoms with E-state index in [2.05, 4.69) is 13.8 Å². The Balaban J connectivity index is 2.36. The molecule has 3 nitrogen and oxygen atoms in total. The van der Waals surface area contributed by atoms with Crippen molar-refractivity contribution in [3.63, 3.8) is 0 Å². The molecule has 0 aliphatic rings. The highest BCUT2D eigenvalue weighted by molar-refractivity contribution is 5.79. The maximum Gasteiger partial charge on any atom is 0.153 e. The van der Waals surface area contributed by atoms with Gasteiger partial charge in [-0.3, -0.25) is 4.79 Å². The average Bonchev–Trinajstić information content (AvgIpc) is 2.61. The third kappa shape index (κ3) is 8.95. The first kappa shape index (κ1) is 20.5. The molecular formula is C21H34O3. The normalized spacial score (nSPS) is 10.6. The molecule has 0 spiro atoms. The van der Waals surface area contributed by atoms with Crippen LogP contribution in [0.5, 0.6) is 11.5 Å². The maximum absolute atomic E-state index is 11.2. The predicted molar refractivity (Wildman–Crippen MR) is 100 cm³/mol. The summed E-state index contributed by atoms with van der Waals surface area (Å²) in [7, 11) is 0. The molecule has 0 radical (unpaired) electrons. The van der Waals surface area contributed by atoms with Gasteiger partial charge in [0.2, 0.25) is 0 Å². The summed E-state index contributed by atoms with van der Waals surface area (Å²) < 4.78 is 11.6. The second kappa shape index (κ2) is 13.9. The van der Waals surface area contributed by atoms with E-state index in [0.29, 0.717) is 17.9 Å². The smallest absolute Gasteiger partial charge is 0.153 e. The van der Waals surface area contributed by atoms with Crippen molar-refractivity contribution in [2.24, 2.45) is 0 Å². The highest BCUT2D eigenvalue weighted by Gasteiger charge is 2.06. The third-order valence-corrected chi connectivity index (χ3v) is 4.13. The van der Waals surface area contributed by atoms with E-state index in [4.69, 9.17) is 9.47 Å². The van der Waals surface area contributed by atoms with E-state index in [1.165, 1.54) is 51.4 Å². The number of hydrogen-bond acceptors (Lipinski definition) is 3. The van der Waals surface area contributed by atoms with Crippen molar-refractivity contribution in [2.75, 3.05) is 13.2 Å². The van der Waals surface area contributed by atoms with Crippen molar-refractivity contribution < 1.29 is 14.3 Å². The molecule has 1 aromatic carbocycles. The third-order valence-electron chi connectivity index (χ3n) is 4.13. The summed E-state index contributed by atoms with van der Waals surface area (Å²) in [6, 6.07) is 5.48. The molecule has 3 heteroatoms. The minimum absolute atomic E-state index is 0.596. The van der Waals surface area contributed by atoms with Crippen LogP contribution < -0.4 is 9.47 Å². The largest absolute Gasteiger partial charge is 0.493 e. The number of carbonyl (C=O) groups excluding carboxylic acids is 1. The van der Waals surface area contributed by atoms with Crippen LogP contribution >= 0.6 is 0 Å². The SMILES string of the molecule is CCCCCCCOc1ccc(C=O)c(OCCCCCCC)c1. The molecule has 1 aromatic rings. The molecule has 136 valence electrons. The zero-order chi connectivity index (χ0) is 17.5. The predicted octanol–water partition coefficient (Wildman–Crippen LogP) is 6.20. The van der Waals surface area contributed by atoms with Crippen molar-refractivity contribution in [1.29, 1.82) is 0 Å². The van der Waals surface area contributed by atoms with E-state index in [0.717, 1.165) is 31.5 Å². The van der Waals surface area contributed by atoms with Gasteiger partial charge >= 0.3 is 0 Å². The van der Waals surface area contributed by atoms with Crippen molar-refractivity contribution in [3.8, 4) is 11.5 Å². The first-order valence-electron chi connectivity index (χ1n) is 9.66.